The van der Waals surface area contributed by atoms with E-state index >= 15 is 0 Å². The monoisotopic (exact) mass is 288 g/mol. The SMILES string of the molecule is CC(C)(C)Cc1ccc(CNC(=O)CN2CCCC2)cc1. The van der Waals surface area contributed by atoms with Crippen LogP contribution in [0.2, 0.25) is 0 Å². The van der Waals surface area contributed by atoms with E-state index in [0.29, 0.717) is 18.5 Å². The van der Waals surface area contributed by atoms with Crippen LogP contribution in [0.25, 0.3) is 0 Å². The van der Waals surface area contributed by atoms with Crippen molar-refractivity contribution in [2.75, 3.05) is 19.6 Å². The Kier molecular flexibility index (Phi) is 5.40. The topological polar surface area (TPSA) is 32.3 Å². The van der Waals surface area contributed by atoms with Crippen molar-refractivity contribution in [3.05, 3.63) is 35.4 Å². The van der Waals surface area contributed by atoms with Crippen LogP contribution in [-0.4, -0.2) is 30.4 Å². The van der Waals surface area contributed by atoms with E-state index in [-0.39, 0.29) is 5.91 Å². The molecule has 1 fully saturated rings. The molecule has 0 bridgehead atoms. The van der Waals surface area contributed by atoms with Crippen molar-refractivity contribution in [1.29, 1.82) is 0 Å². The number of hydrogen-bond acceptors (Lipinski definition) is 2. The maximum absolute atomic E-state index is 11.9. The second kappa shape index (κ2) is 7.08. The fraction of sp³-hybridized carbons (Fsp3) is 0.611. The van der Waals surface area contributed by atoms with Crippen molar-refractivity contribution >= 4 is 5.91 Å². The third-order valence-corrected chi connectivity index (χ3v) is 3.81. The number of hydrogen-bond donors (Lipinski definition) is 1. The maximum Gasteiger partial charge on any atom is 0.234 e. The third-order valence-electron chi connectivity index (χ3n) is 3.81. The van der Waals surface area contributed by atoms with Gasteiger partial charge in [-0.05, 0) is 48.9 Å². The zero-order valence-corrected chi connectivity index (χ0v) is 13.6. The highest BCUT2D eigenvalue weighted by Gasteiger charge is 2.15. The van der Waals surface area contributed by atoms with Crippen molar-refractivity contribution in [2.24, 2.45) is 5.41 Å². The largest absolute Gasteiger partial charge is 0.351 e. The Hall–Kier alpha value is -1.35. The molecule has 2 rings (SSSR count). The average molecular weight is 288 g/mol. The molecule has 1 aliphatic heterocycles. The Morgan fingerprint density at radius 1 is 1.10 bits per heavy atom. The average Bonchev–Trinajstić information content (AvgIpc) is 2.89. The van der Waals surface area contributed by atoms with E-state index in [1.807, 2.05) is 0 Å². The molecule has 3 nitrogen and oxygen atoms in total. The van der Waals surface area contributed by atoms with Gasteiger partial charge in [-0.1, -0.05) is 45.0 Å². The van der Waals surface area contributed by atoms with Gasteiger partial charge < -0.3 is 5.32 Å². The minimum atomic E-state index is 0.135. The zero-order valence-electron chi connectivity index (χ0n) is 13.6. The van der Waals surface area contributed by atoms with Crippen LogP contribution >= 0.6 is 0 Å². The van der Waals surface area contributed by atoms with Gasteiger partial charge in [0.05, 0.1) is 6.54 Å². The number of carbonyl (C=O) groups is 1. The molecule has 1 aliphatic rings. The molecule has 1 aromatic rings. The summed E-state index contributed by atoms with van der Waals surface area (Å²) in [5, 5.41) is 3.01. The van der Waals surface area contributed by atoms with Crippen LogP contribution in [0.5, 0.6) is 0 Å². The van der Waals surface area contributed by atoms with Gasteiger partial charge in [-0.2, -0.15) is 0 Å². The van der Waals surface area contributed by atoms with Gasteiger partial charge in [0.1, 0.15) is 0 Å². The summed E-state index contributed by atoms with van der Waals surface area (Å²) in [6.45, 7) is 10.0. The van der Waals surface area contributed by atoms with E-state index in [0.717, 1.165) is 19.5 Å². The van der Waals surface area contributed by atoms with Crippen LogP contribution < -0.4 is 5.32 Å². The Bertz CT molecular complexity index is 453. The van der Waals surface area contributed by atoms with Gasteiger partial charge in [0.15, 0.2) is 0 Å². The van der Waals surface area contributed by atoms with Crippen molar-refractivity contribution < 1.29 is 4.79 Å². The van der Waals surface area contributed by atoms with Crippen LogP contribution in [0.3, 0.4) is 0 Å². The summed E-state index contributed by atoms with van der Waals surface area (Å²) >= 11 is 0. The lowest BCUT2D eigenvalue weighted by atomic mass is 9.88. The third kappa shape index (κ3) is 5.88. The van der Waals surface area contributed by atoms with Gasteiger partial charge in [0.2, 0.25) is 5.91 Å². The highest BCUT2D eigenvalue weighted by molar-refractivity contribution is 5.78. The number of nitrogens with zero attached hydrogens (tertiary/aromatic N) is 1. The molecular formula is C18H28N2O. The molecule has 0 unspecified atom stereocenters. The molecular weight excluding hydrogens is 260 g/mol. The molecule has 0 spiro atoms. The number of carbonyl (C=O) groups excluding carboxylic acids is 1. The minimum Gasteiger partial charge on any atom is -0.351 e. The van der Waals surface area contributed by atoms with E-state index < -0.39 is 0 Å². The molecule has 1 saturated heterocycles. The highest BCUT2D eigenvalue weighted by Crippen LogP contribution is 2.20. The molecule has 3 heteroatoms. The van der Waals surface area contributed by atoms with Crippen molar-refractivity contribution in [3.8, 4) is 0 Å². The fourth-order valence-corrected chi connectivity index (χ4v) is 2.79. The summed E-state index contributed by atoms with van der Waals surface area (Å²) in [4.78, 5) is 14.1. The van der Waals surface area contributed by atoms with E-state index in [1.165, 1.54) is 24.0 Å². The van der Waals surface area contributed by atoms with Gasteiger partial charge in [0.25, 0.3) is 0 Å². The van der Waals surface area contributed by atoms with E-state index in [4.69, 9.17) is 0 Å². The van der Waals surface area contributed by atoms with Crippen molar-refractivity contribution in [2.45, 2.75) is 46.6 Å². The number of likely N-dealkylation sites (tertiary alicyclic amines) is 1. The molecule has 0 aromatic heterocycles. The second-order valence-corrected chi connectivity index (χ2v) is 7.31. The summed E-state index contributed by atoms with van der Waals surface area (Å²) in [6, 6.07) is 8.59. The fourth-order valence-electron chi connectivity index (χ4n) is 2.79. The Morgan fingerprint density at radius 3 is 2.24 bits per heavy atom. The van der Waals surface area contributed by atoms with Crippen molar-refractivity contribution in [3.63, 3.8) is 0 Å². The Balaban J connectivity index is 1.76. The summed E-state index contributed by atoms with van der Waals surface area (Å²) in [5.41, 5.74) is 2.84. The first kappa shape index (κ1) is 16.0. The zero-order chi connectivity index (χ0) is 15.3. The van der Waals surface area contributed by atoms with E-state index in [2.05, 4.69) is 55.3 Å². The van der Waals surface area contributed by atoms with Crippen LogP contribution in [0.15, 0.2) is 24.3 Å². The Morgan fingerprint density at radius 2 is 1.67 bits per heavy atom. The maximum atomic E-state index is 11.9. The predicted octanol–water partition coefficient (Wildman–Crippen LogP) is 2.99. The lowest BCUT2D eigenvalue weighted by Gasteiger charge is -2.18. The second-order valence-electron chi connectivity index (χ2n) is 7.31. The summed E-state index contributed by atoms with van der Waals surface area (Å²) in [6.07, 6.45) is 3.53. The smallest absolute Gasteiger partial charge is 0.234 e. The summed E-state index contributed by atoms with van der Waals surface area (Å²) in [7, 11) is 0. The lowest BCUT2D eigenvalue weighted by molar-refractivity contribution is -0.122. The van der Waals surface area contributed by atoms with Gasteiger partial charge in [-0.3, -0.25) is 9.69 Å². The molecule has 1 amide bonds. The molecule has 0 aliphatic carbocycles. The molecule has 1 heterocycles. The van der Waals surface area contributed by atoms with Gasteiger partial charge in [0, 0.05) is 6.54 Å². The summed E-state index contributed by atoms with van der Waals surface area (Å²) in [5.74, 6) is 0.135. The molecule has 0 radical (unpaired) electrons. The van der Waals surface area contributed by atoms with E-state index in [1.54, 1.807) is 0 Å². The molecule has 0 atom stereocenters. The van der Waals surface area contributed by atoms with Crippen molar-refractivity contribution in [1.82, 2.24) is 10.2 Å². The standard InChI is InChI=1S/C18H28N2O/c1-18(2,3)12-15-6-8-16(9-7-15)13-19-17(21)14-20-10-4-5-11-20/h6-9H,4-5,10-14H2,1-3H3,(H,19,21). The predicted molar refractivity (Wildman–Crippen MR) is 87.1 cm³/mol. The van der Waals surface area contributed by atoms with Gasteiger partial charge in [-0.15, -0.1) is 0 Å². The molecule has 1 aromatic carbocycles. The number of amides is 1. The molecule has 1 N–H and O–H groups in total. The number of rotatable bonds is 5. The van der Waals surface area contributed by atoms with E-state index in [9.17, 15) is 4.79 Å². The Labute approximate surface area is 128 Å². The van der Waals surface area contributed by atoms with Crippen LogP contribution in [-0.2, 0) is 17.8 Å². The molecule has 0 saturated carbocycles. The lowest BCUT2D eigenvalue weighted by Crippen LogP contribution is -2.35. The van der Waals surface area contributed by atoms with Gasteiger partial charge >= 0.3 is 0 Å². The van der Waals surface area contributed by atoms with Crippen LogP contribution in [0.4, 0.5) is 0 Å². The van der Waals surface area contributed by atoms with Crippen LogP contribution in [0.1, 0.15) is 44.7 Å². The first-order chi connectivity index (χ1) is 9.92. The first-order valence-electron chi connectivity index (χ1n) is 7.99. The molecule has 116 valence electrons. The van der Waals surface area contributed by atoms with Crippen LogP contribution in [0, 0.1) is 5.41 Å². The van der Waals surface area contributed by atoms with Gasteiger partial charge in [-0.25, -0.2) is 0 Å². The molecule has 21 heavy (non-hydrogen) atoms. The minimum absolute atomic E-state index is 0.135. The first-order valence-corrected chi connectivity index (χ1v) is 7.99. The number of benzene rings is 1. The number of nitrogens with one attached hydrogen (secondary N) is 1. The summed E-state index contributed by atoms with van der Waals surface area (Å²) < 4.78 is 0. The quantitative estimate of drug-likeness (QED) is 0.903. The normalized spacial score (nSPS) is 16.1. The highest BCUT2D eigenvalue weighted by atomic mass is 16.2.